The van der Waals surface area contributed by atoms with Crippen LogP contribution in [0.25, 0.3) is 0 Å². The van der Waals surface area contributed by atoms with Crippen LogP contribution in [-0.2, 0) is 14.3 Å². The normalized spacial score (nSPS) is 33.5. The predicted octanol–water partition coefficient (Wildman–Crippen LogP) is 2.18. The monoisotopic (exact) mass is 210 g/mol. The van der Waals surface area contributed by atoms with Crippen molar-refractivity contribution in [1.29, 1.82) is 0 Å². The number of hydrogen-bond donors (Lipinski definition) is 0. The van der Waals surface area contributed by atoms with E-state index in [4.69, 9.17) is 9.47 Å². The lowest BCUT2D eigenvalue weighted by Crippen LogP contribution is -2.31. The summed E-state index contributed by atoms with van der Waals surface area (Å²) in [6, 6.07) is 0. The van der Waals surface area contributed by atoms with E-state index in [0.29, 0.717) is 0 Å². The first-order chi connectivity index (χ1) is 7.30. The van der Waals surface area contributed by atoms with E-state index < -0.39 is 0 Å². The molecule has 2 aliphatic carbocycles. The molecule has 0 aromatic heterocycles. The molecule has 3 rings (SSSR count). The van der Waals surface area contributed by atoms with E-state index in [1.807, 2.05) is 0 Å². The van der Waals surface area contributed by atoms with Gasteiger partial charge in [0, 0.05) is 0 Å². The second-order valence-corrected chi connectivity index (χ2v) is 5.11. The van der Waals surface area contributed by atoms with Gasteiger partial charge >= 0.3 is 5.97 Å². The molecule has 15 heavy (non-hydrogen) atoms. The molecule has 1 atom stereocenters. The first-order valence-corrected chi connectivity index (χ1v) is 6.18. The summed E-state index contributed by atoms with van der Waals surface area (Å²) in [7, 11) is 0. The Kier molecular flexibility index (Phi) is 2.23. The van der Waals surface area contributed by atoms with Crippen molar-refractivity contribution in [3.05, 3.63) is 0 Å². The number of carbonyl (C=O) groups is 1. The number of rotatable bonds is 2. The third-order valence-corrected chi connectivity index (χ3v) is 4.02. The highest BCUT2D eigenvalue weighted by Gasteiger charge is 2.64. The van der Waals surface area contributed by atoms with Gasteiger partial charge in [-0.1, -0.05) is 6.42 Å². The summed E-state index contributed by atoms with van der Waals surface area (Å²) in [5, 5.41) is 0. The lowest BCUT2D eigenvalue weighted by Gasteiger charge is -2.23. The topological polar surface area (TPSA) is 38.8 Å². The Labute approximate surface area is 90.1 Å². The van der Waals surface area contributed by atoms with E-state index in [2.05, 4.69) is 0 Å². The van der Waals surface area contributed by atoms with E-state index in [0.717, 1.165) is 25.7 Å². The Morgan fingerprint density at radius 2 is 1.87 bits per heavy atom. The lowest BCUT2D eigenvalue weighted by atomic mass is 9.82. The van der Waals surface area contributed by atoms with Crippen molar-refractivity contribution in [2.75, 3.05) is 0 Å². The van der Waals surface area contributed by atoms with Crippen molar-refractivity contribution < 1.29 is 14.3 Å². The standard InChI is InChI=1S/C12H18O3/c13-11(10-12(15-10)7-4-8-12)14-9-5-2-1-3-6-9/h9-10H,1-8H2. The second-order valence-electron chi connectivity index (χ2n) is 5.11. The van der Waals surface area contributed by atoms with Crippen LogP contribution in [0.1, 0.15) is 51.4 Å². The van der Waals surface area contributed by atoms with Gasteiger partial charge in [0.2, 0.25) is 0 Å². The maximum absolute atomic E-state index is 11.7. The zero-order valence-electron chi connectivity index (χ0n) is 9.04. The van der Waals surface area contributed by atoms with Crippen molar-refractivity contribution in [3.8, 4) is 0 Å². The Hall–Kier alpha value is -0.570. The molecule has 0 amide bonds. The molecule has 1 spiro atoms. The van der Waals surface area contributed by atoms with E-state index in [-0.39, 0.29) is 23.8 Å². The molecule has 1 heterocycles. The molecular weight excluding hydrogens is 192 g/mol. The Morgan fingerprint density at radius 1 is 1.13 bits per heavy atom. The molecule has 0 bridgehead atoms. The number of ether oxygens (including phenoxy) is 2. The quantitative estimate of drug-likeness (QED) is 0.518. The first kappa shape index (κ1) is 9.64. The van der Waals surface area contributed by atoms with Crippen LogP contribution in [0.4, 0.5) is 0 Å². The van der Waals surface area contributed by atoms with Crippen molar-refractivity contribution >= 4 is 5.97 Å². The fraction of sp³-hybridized carbons (Fsp3) is 0.917. The van der Waals surface area contributed by atoms with Crippen LogP contribution in [0.3, 0.4) is 0 Å². The molecule has 0 radical (unpaired) electrons. The van der Waals surface area contributed by atoms with Gasteiger partial charge < -0.3 is 9.47 Å². The number of carbonyl (C=O) groups excluding carboxylic acids is 1. The SMILES string of the molecule is O=C(OC1CCCCC1)C1OC12CCC2. The van der Waals surface area contributed by atoms with E-state index in [9.17, 15) is 4.79 Å². The molecule has 1 saturated heterocycles. The summed E-state index contributed by atoms with van der Waals surface area (Å²) < 4.78 is 11.0. The molecule has 3 heteroatoms. The van der Waals surface area contributed by atoms with Crippen LogP contribution in [0.2, 0.25) is 0 Å². The second kappa shape index (κ2) is 3.48. The molecule has 1 unspecified atom stereocenters. The van der Waals surface area contributed by atoms with Gasteiger partial charge in [0.1, 0.15) is 11.7 Å². The highest BCUT2D eigenvalue weighted by atomic mass is 16.7. The fourth-order valence-corrected chi connectivity index (χ4v) is 2.78. The summed E-state index contributed by atoms with van der Waals surface area (Å²) in [6.45, 7) is 0. The average Bonchev–Trinajstić information content (AvgIpc) is 2.94. The average molecular weight is 210 g/mol. The van der Waals surface area contributed by atoms with Gasteiger partial charge in [0.15, 0.2) is 6.10 Å². The third kappa shape index (κ3) is 1.67. The highest BCUT2D eigenvalue weighted by molar-refractivity contribution is 5.79. The molecule has 3 fully saturated rings. The van der Waals surface area contributed by atoms with Gasteiger partial charge in [-0.05, 0) is 44.9 Å². The summed E-state index contributed by atoms with van der Waals surface area (Å²) in [6.07, 6.45) is 9.06. The number of epoxide rings is 1. The molecule has 84 valence electrons. The Balaban J connectivity index is 1.49. The zero-order chi connectivity index (χ0) is 10.3. The predicted molar refractivity (Wildman–Crippen MR) is 54.4 cm³/mol. The van der Waals surface area contributed by atoms with Crippen molar-refractivity contribution in [2.24, 2.45) is 0 Å². The fourth-order valence-electron chi connectivity index (χ4n) is 2.78. The van der Waals surface area contributed by atoms with E-state index in [1.54, 1.807) is 0 Å². The van der Waals surface area contributed by atoms with Crippen molar-refractivity contribution in [3.63, 3.8) is 0 Å². The maximum atomic E-state index is 11.7. The lowest BCUT2D eigenvalue weighted by molar-refractivity contribution is -0.152. The van der Waals surface area contributed by atoms with Gasteiger partial charge in [-0.25, -0.2) is 4.79 Å². The molecule has 2 saturated carbocycles. The highest BCUT2D eigenvalue weighted by Crippen LogP contribution is 2.52. The van der Waals surface area contributed by atoms with Gasteiger partial charge in [-0.2, -0.15) is 0 Å². The number of hydrogen-bond acceptors (Lipinski definition) is 3. The van der Waals surface area contributed by atoms with Crippen LogP contribution in [0, 0.1) is 0 Å². The van der Waals surface area contributed by atoms with Crippen molar-refractivity contribution in [1.82, 2.24) is 0 Å². The van der Waals surface area contributed by atoms with E-state index in [1.165, 1.54) is 25.7 Å². The molecule has 3 aliphatic rings. The molecule has 0 aromatic carbocycles. The van der Waals surface area contributed by atoms with Crippen LogP contribution in [-0.4, -0.2) is 23.8 Å². The van der Waals surface area contributed by atoms with Crippen LogP contribution in [0.15, 0.2) is 0 Å². The first-order valence-electron chi connectivity index (χ1n) is 6.18. The molecule has 1 aliphatic heterocycles. The van der Waals surface area contributed by atoms with Crippen LogP contribution >= 0.6 is 0 Å². The minimum absolute atomic E-state index is 0.0637. The van der Waals surface area contributed by atoms with Gasteiger partial charge in [-0.3, -0.25) is 0 Å². The van der Waals surface area contributed by atoms with Crippen LogP contribution in [0.5, 0.6) is 0 Å². The van der Waals surface area contributed by atoms with Gasteiger partial charge in [0.25, 0.3) is 0 Å². The van der Waals surface area contributed by atoms with E-state index >= 15 is 0 Å². The van der Waals surface area contributed by atoms with Crippen LogP contribution < -0.4 is 0 Å². The Bertz CT molecular complexity index is 264. The van der Waals surface area contributed by atoms with Gasteiger partial charge in [0.05, 0.1) is 0 Å². The smallest absolute Gasteiger partial charge is 0.338 e. The molecule has 3 nitrogen and oxygen atoms in total. The maximum Gasteiger partial charge on any atom is 0.338 e. The minimum atomic E-state index is -0.215. The molecule has 0 aromatic rings. The van der Waals surface area contributed by atoms with Crippen molar-refractivity contribution in [2.45, 2.75) is 69.2 Å². The summed E-state index contributed by atoms with van der Waals surface area (Å²) in [5.41, 5.74) is -0.0637. The minimum Gasteiger partial charge on any atom is -0.460 e. The number of esters is 1. The molecular formula is C12H18O3. The summed E-state index contributed by atoms with van der Waals surface area (Å²) >= 11 is 0. The summed E-state index contributed by atoms with van der Waals surface area (Å²) in [4.78, 5) is 11.7. The largest absolute Gasteiger partial charge is 0.460 e. The van der Waals surface area contributed by atoms with Gasteiger partial charge in [-0.15, -0.1) is 0 Å². The molecule has 0 N–H and O–H groups in total. The Morgan fingerprint density at radius 3 is 2.40 bits per heavy atom. The zero-order valence-corrected chi connectivity index (χ0v) is 9.04. The summed E-state index contributed by atoms with van der Waals surface area (Å²) in [5.74, 6) is -0.0957. The third-order valence-electron chi connectivity index (χ3n) is 4.02.